The van der Waals surface area contributed by atoms with Crippen LogP contribution in [0, 0.1) is 0 Å². The van der Waals surface area contributed by atoms with Crippen LogP contribution >= 0.6 is 0 Å². The third-order valence-corrected chi connectivity index (χ3v) is 7.02. The van der Waals surface area contributed by atoms with Gasteiger partial charge >= 0.3 is 5.97 Å². The molecular weight excluding hydrogens is 472 g/mol. The molecule has 9 nitrogen and oxygen atoms in total. The van der Waals surface area contributed by atoms with Crippen LogP contribution in [0.1, 0.15) is 22.8 Å². The molecule has 1 atom stereocenters. The Bertz CT molecular complexity index is 1390. The van der Waals surface area contributed by atoms with Crippen LogP contribution in [-0.2, 0) is 26.0 Å². The maximum atomic E-state index is 12.9. The molecule has 3 aromatic rings. The van der Waals surface area contributed by atoms with Gasteiger partial charge in [0.1, 0.15) is 17.1 Å². The van der Waals surface area contributed by atoms with E-state index >= 15 is 0 Å². The van der Waals surface area contributed by atoms with Crippen LogP contribution in [0.5, 0.6) is 11.5 Å². The fourth-order valence-electron chi connectivity index (χ4n) is 4.00. The molecule has 1 amide bonds. The molecule has 1 aliphatic rings. The molecule has 35 heavy (non-hydrogen) atoms. The molecule has 0 saturated heterocycles. The summed E-state index contributed by atoms with van der Waals surface area (Å²) in [5, 5.41) is 10.2. The Morgan fingerprint density at radius 1 is 1.09 bits per heavy atom. The first kappa shape index (κ1) is 24.1. The summed E-state index contributed by atoms with van der Waals surface area (Å²) in [4.78, 5) is 26.8. The van der Waals surface area contributed by atoms with Gasteiger partial charge in [-0.3, -0.25) is 9.52 Å². The minimum Gasteiger partial charge on any atom is -0.507 e. The van der Waals surface area contributed by atoms with Gasteiger partial charge in [0.25, 0.3) is 15.9 Å². The van der Waals surface area contributed by atoms with Gasteiger partial charge in [-0.2, -0.15) is 0 Å². The number of phenols is 1. The first-order valence-corrected chi connectivity index (χ1v) is 12.3. The van der Waals surface area contributed by atoms with E-state index < -0.39 is 34.3 Å². The molecule has 3 aromatic carbocycles. The van der Waals surface area contributed by atoms with E-state index in [0.717, 1.165) is 29.4 Å². The fraction of sp³-hybridized carbons (Fsp3) is 0.200. The average Bonchev–Trinajstić information content (AvgIpc) is 3.18. The monoisotopic (exact) mass is 496 g/mol. The Kier molecular flexibility index (Phi) is 6.65. The smallest absolute Gasteiger partial charge is 0.342 e. The van der Waals surface area contributed by atoms with Crippen LogP contribution < -0.4 is 14.4 Å². The molecule has 0 radical (unpaired) electrons. The number of aromatic hydroxyl groups is 1. The van der Waals surface area contributed by atoms with E-state index in [9.17, 15) is 23.1 Å². The first-order valence-electron chi connectivity index (χ1n) is 10.8. The number of sulfonamides is 1. The highest BCUT2D eigenvalue weighted by molar-refractivity contribution is 7.92. The minimum atomic E-state index is -4.13. The second kappa shape index (κ2) is 9.67. The first-order chi connectivity index (χ1) is 16.7. The third kappa shape index (κ3) is 4.92. The second-order valence-corrected chi connectivity index (χ2v) is 9.69. The molecule has 0 fully saturated rings. The largest absolute Gasteiger partial charge is 0.507 e. The highest BCUT2D eigenvalue weighted by Crippen LogP contribution is 2.32. The normalized spacial score (nSPS) is 14.8. The van der Waals surface area contributed by atoms with Crippen molar-refractivity contribution in [2.24, 2.45) is 0 Å². The summed E-state index contributed by atoms with van der Waals surface area (Å²) in [6.45, 7) is 1.34. The minimum absolute atomic E-state index is 0.0958. The van der Waals surface area contributed by atoms with Gasteiger partial charge < -0.3 is 19.5 Å². The van der Waals surface area contributed by atoms with Gasteiger partial charge in [-0.25, -0.2) is 13.2 Å². The quantitative estimate of drug-likeness (QED) is 0.481. The van der Waals surface area contributed by atoms with Crippen LogP contribution in [0.2, 0.25) is 0 Å². The van der Waals surface area contributed by atoms with Crippen molar-refractivity contribution in [2.75, 3.05) is 23.3 Å². The zero-order valence-corrected chi connectivity index (χ0v) is 19.9. The predicted octanol–water partition coefficient (Wildman–Crippen LogP) is 3.34. The van der Waals surface area contributed by atoms with E-state index in [1.807, 2.05) is 31.2 Å². The van der Waals surface area contributed by atoms with Crippen LogP contribution in [0.3, 0.4) is 0 Å². The van der Waals surface area contributed by atoms with Crippen molar-refractivity contribution in [1.29, 1.82) is 0 Å². The fourth-order valence-corrected chi connectivity index (χ4v) is 5.09. The van der Waals surface area contributed by atoms with Gasteiger partial charge in [0.15, 0.2) is 6.61 Å². The molecule has 0 unspecified atom stereocenters. The number of hydrogen-bond acceptors (Lipinski definition) is 7. The van der Waals surface area contributed by atoms with Crippen molar-refractivity contribution >= 4 is 33.3 Å². The number of para-hydroxylation sites is 3. The summed E-state index contributed by atoms with van der Waals surface area (Å²) in [5.74, 6) is -1.61. The maximum Gasteiger partial charge on any atom is 0.342 e. The predicted molar refractivity (Wildman–Crippen MR) is 129 cm³/mol. The van der Waals surface area contributed by atoms with Crippen LogP contribution in [0.4, 0.5) is 11.4 Å². The highest BCUT2D eigenvalue weighted by Gasteiger charge is 2.31. The van der Waals surface area contributed by atoms with Gasteiger partial charge in [-0.15, -0.1) is 0 Å². The van der Waals surface area contributed by atoms with Crippen molar-refractivity contribution in [3.8, 4) is 11.5 Å². The van der Waals surface area contributed by atoms with E-state index in [0.29, 0.717) is 12.2 Å². The van der Waals surface area contributed by atoms with Crippen LogP contribution in [-0.4, -0.2) is 45.2 Å². The maximum absolute atomic E-state index is 12.9. The highest BCUT2D eigenvalue weighted by atomic mass is 32.2. The average molecular weight is 497 g/mol. The number of phenolic OH excluding ortho intramolecular Hbond substituents is 1. The Labute approximate surface area is 203 Å². The summed E-state index contributed by atoms with van der Waals surface area (Å²) in [6, 6.07) is 17.1. The number of ether oxygens (including phenoxy) is 2. The van der Waals surface area contributed by atoms with Gasteiger partial charge in [0, 0.05) is 11.7 Å². The Morgan fingerprint density at radius 3 is 2.57 bits per heavy atom. The van der Waals surface area contributed by atoms with Gasteiger partial charge in [-0.1, -0.05) is 30.3 Å². The van der Waals surface area contributed by atoms with Gasteiger partial charge in [0.05, 0.1) is 17.7 Å². The summed E-state index contributed by atoms with van der Waals surface area (Å²) in [5.41, 5.74) is 1.62. The number of methoxy groups -OCH3 is 1. The standard InChI is InChI=1S/C25H24N2O7S/c1-16-13-17-7-3-5-9-21(17)27(16)24(29)15-34-25(30)19-14-18(11-12-22(19)28)35(31,32)26-20-8-4-6-10-23(20)33-2/h3-12,14,16,26,28H,13,15H2,1-2H3/t16-/m0/s1. The molecule has 1 heterocycles. The summed E-state index contributed by atoms with van der Waals surface area (Å²) < 4.78 is 38.5. The molecular formula is C25H24N2O7S. The van der Waals surface area contributed by atoms with E-state index in [2.05, 4.69) is 4.72 Å². The number of carbonyl (C=O) groups excluding carboxylic acids is 2. The number of benzene rings is 3. The van der Waals surface area contributed by atoms with E-state index in [1.54, 1.807) is 23.1 Å². The van der Waals surface area contributed by atoms with Crippen LogP contribution in [0.25, 0.3) is 0 Å². The zero-order chi connectivity index (χ0) is 25.2. The van der Waals surface area contributed by atoms with Crippen molar-refractivity contribution in [3.63, 3.8) is 0 Å². The number of nitrogens with zero attached hydrogens (tertiary/aromatic N) is 1. The molecule has 0 saturated carbocycles. The lowest BCUT2D eigenvalue weighted by Crippen LogP contribution is -2.38. The van der Waals surface area contributed by atoms with Crippen molar-refractivity contribution in [2.45, 2.75) is 24.3 Å². The van der Waals surface area contributed by atoms with Crippen LogP contribution in [0.15, 0.2) is 71.6 Å². The molecule has 0 spiro atoms. The Morgan fingerprint density at radius 2 is 1.80 bits per heavy atom. The molecule has 182 valence electrons. The molecule has 10 heteroatoms. The van der Waals surface area contributed by atoms with Crippen molar-refractivity contribution in [1.82, 2.24) is 0 Å². The second-order valence-electron chi connectivity index (χ2n) is 8.01. The zero-order valence-electron chi connectivity index (χ0n) is 19.1. The van der Waals surface area contributed by atoms with E-state index in [1.165, 1.54) is 13.2 Å². The number of hydrogen-bond donors (Lipinski definition) is 2. The topological polar surface area (TPSA) is 122 Å². The molecule has 2 N–H and O–H groups in total. The molecule has 0 bridgehead atoms. The summed E-state index contributed by atoms with van der Waals surface area (Å²) in [6.07, 6.45) is 0.690. The molecule has 0 aliphatic carbocycles. The van der Waals surface area contributed by atoms with Gasteiger partial charge in [-0.05, 0) is 55.3 Å². The van der Waals surface area contributed by atoms with Gasteiger partial charge in [0.2, 0.25) is 0 Å². The van der Waals surface area contributed by atoms with Crippen molar-refractivity contribution in [3.05, 3.63) is 77.9 Å². The Balaban J connectivity index is 1.50. The number of amides is 1. The molecule has 4 rings (SSSR count). The van der Waals surface area contributed by atoms with E-state index in [4.69, 9.17) is 9.47 Å². The van der Waals surface area contributed by atoms with E-state index in [-0.39, 0.29) is 22.2 Å². The number of carbonyl (C=O) groups is 2. The number of anilines is 2. The number of fused-ring (bicyclic) bond motifs is 1. The molecule has 1 aliphatic heterocycles. The Hall–Kier alpha value is -4.05. The summed E-state index contributed by atoms with van der Waals surface area (Å²) >= 11 is 0. The van der Waals surface area contributed by atoms with Crippen molar-refractivity contribution < 1.29 is 32.6 Å². The molecule has 0 aromatic heterocycles. The number of rotatable bonds is 7. The lowest BCUT2D eigenvalue weighted by molar-refractivity contribution is -0.122. The number of esters is 1. The lowest BCUT2D eigenvalue weighted by Gasteiger charge is -2.22. The third-order valence-electron chi connectivity index (χ3n) is 5.65. The number of nitrogens with one attached hydrogen (secondary N) is 1. The summed E-state index contributed by atoms with van der Waals surface area (Å²) in [7, 11) is -2.72. The lowest BCUT2D eigenvalue weighted by atomic mass is 10.1. The SMILES string of the molecule is COc1ccccc1NS(=O)(=O)c1ccc(O)c(C(=O)OCC(=O)N2c3ccccc3C[C@@H]2C)c1.